The Morgan fingerprint density at radius 1 is 0.889 bits per heavy atom. The Balaban J connectivity index is 2.25. The normalized spacial score (nSPS) is 22.7. The fraction of sp³-hybridized carbons (Fsp3) is 0.895. The summed E-state index contributed by atoms with van der Waals surface area (Å²) in [5, 5.41) is 9.40. The summed E-state index contributed by atoms with van der Waals surface area (Å²) in [4.78, 5) is 23.5. The Labute approximate surface area is 161 Å². The van der Waals surface area contributed by atoms with Crippen molar-refractivity contribution in [1.29, 1.82) is 0 Å². The smallest absolute Gasteiger partial charge is 0.432 e. The predicted molar refractivity (Wildman–Crippen MR) is 97.5 cm³/mol. The number of carbonyl (C=O) groups is 2. The molecule has 1 aliphatic rings. The van der Waals surface area contributed by atoms with Crippen LogP contribution in [0.4, 0.5) is 9.59 Å². The molecule has 27 heavy (non-hydrogen) atoms. The molecular weight excluding hydrogens is 356 g/mol. The topological polar surface area (TPSA) is 101 Å². The second-order valence-electron chi connectivity index (χ2n) is 6.79. The second-order valence-corrected chi connectivity index (χ2v) is 6.79. The molecule has 0 heterocycles. The fourth-order valence-corrected chi connectivity index (χ4v) is 2.81. The molecule has 1 fully saturated rings. The van der Waals surface area contributed by atoms with Gasteiger partial charge in [0.1, 0.15) is 25.4 Å². The molecule has 0 aliphatic heterocycles. The van der Waals surface area contributed by atoms with E-state index in [1.165, 1.54) is 0 Å². The van der Waals surface area contributed by atoms with Crippen LogP contribution in [0.15, 0.2) is 0 Å². The van der Waals surface area contributed by atoms with Crippen LogP contribution in [0.5, 0.6) is 0 Å². The maximum Gasteiger partial charge on any atom is 0.508 e. The molecule has 1 rings (SSSR count). The minimum Gasteiger partial charge on any atom is -0.432 e. The van der Waals surface area contributed by atoms with E-state index < -0.39 is 18.4 Å². The van der Waals surface area contributed by atoms with Crippen LogP contribution in [0.2, 0.25) is 0 Å². The first-order valence-corrected chi connectivity index (χ1v) is 9.86. The maximum absolute atomic E-state index is 11.8. The lowest BCUT2D eigenvalue weighted by molar-refractivity contribution is -0.0261. The lowest BCUT2D eigenvalue weighted by Gasteiger charge is -2.24. The first-order chi connectivity index (χ1) is 13.0. The summed E-state index contributed by atoms with van der Waals surface area (Å²) in [6.07, 6.45) is 2.98. The van der Waals surface area contributed by atoms with Crippen molar-refractivity contribution >= 4 is 12.3 Å². The minimum atomic E-state index is -0.743. The van der Waals surface area contributed by atoms with Crippen molar-refractivity contribution in [2.24, 2.45) is 0 Å². The van der Waals surface area contributed by atoms with E-state index in [0.29, 0.717) is 32.1 Å². The van der Waals surface area contributed by atoms with Crippen molar-refractivity contribution in [3.63, 3.8) is 0 Å². The highest BCUT2D eigenvalue weighted by molar-refractivity contribution is 5.60. The first-order valence-electron chi connectivity index (χ1n) is 9.86. The molecule has 0 aromatic carbocycles. The molecule has 0 saturated heterocycles. The maximum atomic E-state index is 11.8. The van der Waals surface area contributed by atoms with Gasteiger partial charge in [0, 0.05) is 7.11 Å². The molecule has 158 valence electrons. The van der Waals surface area contributed by atoms with Crippen molar-refractivity contribution in [3.05, 3.63) is 0 Å². The summed E-state index contributed by atoms with van der Waals surface area (Å²) in [5.74, 6) is 0. The highest BCUT2D eigenvalue weighted by Gasteiger charge is 2.23. The van der Waals surface area contributed by atoms with Gasteiger partial charge in [-0.05, 0) is 51.4 Å². The van der Waals surface area contributed by atoms with E-state index in [-0.39, 0.29) is 31.5 Å². The third-order valence-corrected chi connectivity index (χ3v) is 4.67. The Bertz CT molecular complexity index is 414. The van der Waals surface area contributed by atoms with E-state index in [0.717, 1.165) is 19.3 Å². The molecule has 0 aromatic rings. The van der Waals surface area contributed by atoms with Crippen LogP contribution in [0.3, 0.4) is 0 Å². The summed E-state index contributed by atoms with van der Waals surface area (Å²) in [6.45, 7) is 3.89. The molecule has 1 aliphatic carbocycles. The van der Waals surface area contributed by atoms with Crippen LogP contribution in [0, 0.1) is 0 Å². The Morgan fingerprint density at radius 3 is 1.78 bits per heavy atom. The van der Waals surface area contributed by atoms with E-state index in [4.69, 9.17) is 23.7 Å². The molecule has 2 unspecified atom stereocenters. The number of aliphatic hydroxyl groups is 1. The molecule has 8 nitrogen and oxygen atoms in total. The zero-order chi connectivity index (χ0) is 20.1. The highest BCUT2D eigenvalue weighted by Crippen LogP contribution is 2.22. The number of aliphatic hydroxyl groups excluding tert-OH is 1. The van der Waals surface area contributed by atoms with Gasteiger partial charge in [0.25, 0.3) is 0 Å². The van der Waals surface area contributed by atoms with Crippen molar-refractivity contribution in [2.45, 2.75) is 89.6 Å². The molecule has 0 aromatic heterocycles. The molecule has 8 heteroatoms. The number of carbonyl (C=O) groups excluding carboxylic acids is 2. The van der Waals surface area contributed by atoms with E-state index >= 15 is 0 Å². The van der Waals surface area contributed by atoms with Crippen LogP contribution >= 0.6 is 0 Å². The average molecular weight is 390 g/mol. The number of methoxy groups -OCH3 is 1. The summed E-state index contributed by atoms with van der Waals surface area (Å²) in [5.41, 5.74) is 0. The van der Waals surface area contributed by atoms with Crippen LogP contribution in [-0.4, -0.2) is 62.2 Å². The van der Waals surface area contributed by atoms with Gasteiger partial charge in [0.15, 0.2) is 0 Å². The molecule has 1 saturated carbocycles. The van der Waals surface area contributed by atoms with E-state index in [1.807, 2.05) is 13.8 Å². The summed E-state index contributed by atoms with van der Waals surface area (Å²) >= 11 is 0. The molecule has 0 radical (unpaired) electrons. The zero-order valence-corrected chi connectivity index (χ0v) is 16.7. The average Bonchev–Trinajstić information content (AvgIpc) is 2.64. The number of ether oxygens (including phenoxy) is 5. The van der Waals surface area contributed by atoms with Gasteiger partial charge in [-0.3, -0.25) is 0 Å². The van der Waals surface area contributed by atoms with Crippen LogP contribution in [0.25, 0.3) is 0 Å². The van der Waals surface area contributed by atoms with Crippen LogP contribution < -0.4 is 0 Å². The summed E-state index contributed by atoms with van der Waals surface area (Å²) < 4.78 is 25.8. The number of hydrogen-bond acceptors (Lipinski definition) is 8. The quantitative estimate of drug-likeness (QED) is 0.596. The molecule has 0 spiro atoms. The Morgan fingerprint density at radius 2 is 1.37 bits per heavy atom. The van der Waals surface area contributed by atoms with Gasteiger partial charge in [-0.15, -0.1) is 0 Å². The van der Waals surface area contributed by atoms with Gasteiger partial charge < -0.3 is 28.8 Å². The molecule has 2 atom stereocenters. The van der Waals surface area contributed by atoms with Crippen LogP contribution in [0.1, 0.15) is 65.2 Å². The van der Waals surface area contributed by atoms with Crippen molar-refractivity contribution in [2.75, 3.05) is 20.3 Å². The van der Waals surface area contributed by atoms with Crippen molar-refractivity contribution in [3.8, 4) is 0 Å². The molecule has 1 N–H and O–H groups in total. The van der Waals surface area contributed by atoms with Crippen molar-refractivity contribution in [1.82, 2.24) is 0 Å². The third kappa shape index (κ3) is 10.4. The third-order valence-electron chi connectivity index (χ3n) is 4.67. The Kier molecular flexibility index (Phi) is 11.8. The van der Waals surface area contributed by atoms with Gasteiger partial charge in [0.05, 0.1) is 12.2 Å². The van der Waals surface area contributed by atoms with Gasteiger partial charge in [0.2, 0.25) is 0 Å². The standard InChI is InChI=1S/C19H34O8/c1-4-14(20)12-24-18(21)26-16-8-6-10-17(11-7-9-16)27-19(22)25-13-15(5-2)23-3/h14-17,20H,4-13H2,1-3H3. The van der Waals surface area contributed by atoms with Crippen molar-refractivity contribution < 1.29 is 38.4 Å². The summed E-state index contributed by atoms with van der Waals surface area (Å²) in [7, 11) is 1.58. The van der Waals surface area contributed by atoms with Gasteiger partial charge >= 0.3 is 12.3 Å². The number of hydrogen-bond donors (Lipinski definition) is 1. The predicted octanol–water partition coefficient (Wildman–Crippen LogP) is 3.58. The fourth-order valence-electron chi connectivity index (χ4n) is 2.81. The SMILES string of the molecule is CCC(O)COC(=O)OC1CCCC(OC(=O)OCC(CC)OC)CCC1. The van der Waals surface area contributed by atoms with E-state index in [2.05, 4.69) is 0 Å². The molecule has 0 amide bonds. The second kappa shape index (κ2) is 13.6. The summed E-state index contributed by atoms with van der Waals surface area (Å²) in [6, 6.07) is 0. The lowest BCUT2D eigenvalue weighted by Crippen LogP contribution is -2.27. The zero-order valence-electron chi connectivity index (χ0n) is 16.7. The highest BCUT2D eigenvalue weighted by atomic mass is 16.7. The number of rotatable bonds is 9. The van der Waals surface area contributed by atoms with Gasteiger partial charge in [-0.25, -0.2) is 9.59 Å². The first kappa shape index (κ1) is 23.5. The van der Waals surface area contributed by atoms with Gasteiger partial charge in [-0.1, -0.05) is 13.8 Å². The van der Waals surface area contributed by atoms with E-state index in [1.54, 1.807) is 7.11 Å². The minimum absolute atomic E-state index is 0.0535. The monoisotopic (exact) mass is 390 g/mol. The molecular formula is C19H34O8. The molecule has 0 bridgehead atoms. The largest absolute Gasteiger partial charge is 0.508 e. The lowest BCUT2D eigenvalue weighted by atomic mass is 9.96. The van der Waals surface area contributed by atoms with Gasteiger partial charge in [-0.2, -0.15) is 0 Å². The van der Waals surface area contributed by atoms with E-state index in [9.17, 15) is 14.7 Å². The Hall–Kier alpha value is -1.54. The van der Waals surface area contributed by atoms with Crippen LogP contribution in [-0.2, 0) is 23.7 Å².